The van der Waals surface area contributed by atoms with E-state index in [0.717, 1.165) is 4.47 Å². The molecule has 194 valence electrons. The molecule has 0 amide bonds. The zero-order valence-corrected chi connectivity index (χ0v) is 23.7. The molecule has 2 N–H and O–H groups in total. The fourth-order valence-corrected chi connectivity index (χ4v) is 5.30. The molecule has 40 heavy (non-hydrogen) atoms. The van der Waals surface area contributed by atoms with Crippen molar-refractivity contribution < 1.29 is 10.2 Å². The van der Waals surface area contributed by atoms with E-state index in [0.29, 0.717) is 38.4 Å². The van der Waals surface area contributed by atoms with E-state index in [4.69, 9.17) is 11.6 Å². The highest BCUT2D eigenvalue weighted by molar-refractivity contribution is 9.10. The molecule has 2 unspecified atom stereocenters. The van der Waals surface area contributed by atoms with Crippen molar-refractivity contribution in [3.8, 4) is 23.7 Å². The molecule has 0 bridgehead atoms. The molecule has 0 saturated heterocycles. The summed E-state index contributed by atoms with van der Waals surface area (Å²) in [5.74, 6) is 12.4. The summed E-state index contributed by atoms with van der Waals surface area (Å²) in [5, 5.41) is 24.1. The highest BCUT2D eigenvalue weighted by Crippen LogP contribution is 2.35. The van der Waals surface area contributed by atoms with Crippen LogP contribution in [0.3, 0.4) is 0 Å². The van der Waals surface area contributed by atoms with Gasteiger partial charge in [0, 0.05) is 42.9 Å². The third kappa shape index (κ3) is 5.75. The molecule has 0 saturated carbocycles. The van der Waals surface area contributed by atoms with Crippen LogP contribution < -0.4 is 0 Å². The first kappa shape index (κ1) is 27.5. The minimum Gasteiger partial charge on any atom is -0.369 e. The number of hydrogen-bond acceptors (Lipinski definition) is 2. The lowest BCUT2D eigenvalue weighted by atomic mass is 9.86. The largest absolute Gasteiger partial charge is 0.369 e. The Morgan fingerprint density at radius 3 is 1.50 bits per heavy atom. The molecule has 5 rings (SSSR count). The summed E-state index contributed by atoms with van der Waals surface area (Å²) in [6.07, 6.45) is 0. The van der Waals surface area contributed by atoms with Gasteiger partial charge in [0.2, 0.25) is 0 Å². The summed E-state index contributed by atoms with van der Waals surface area (Å²) in [6, 6.07) is 40.7. The van der Waals surface area contributed by atoms with Crippen LogP contribution in [0.5, 0.6) is 0 Å². The van der Waals surface area contributed by atoms with Crippen LogP contribution in [0, 0.1) is 23.7 Å². The lowest BCUT2D eigenvalue weighted by Crippen LogP contribution is -2.26. The molecule has 0 aliphatic heterocycles. The van der Waals surface area contributed by atoms with Gasteiger partial charge in [-0.1, -0.05) is 154 Å². The van der Waals surface area contributed by atoms with Crippen molar-refractivity contribution >= 4 is 27.5 Å². The smallest absolute Gasteiger partial charge is 0.178 e. The van der Waals surface area contributed by atoms with Gasteiger partial charge in [0.05, 0.1) is 0 Å². The molecule has 2 nitrogen and oxygen atoms in total. The average Bonchev–Trinajstić information content (AvgIpc) is 3.00. The van der Waals surface area contributed by atoms with E-state index in [2.05, 4.69) is 39.6 Å². The molecule has 4 heteroatoms. The van der Waals surface area contributed by atoms with Crippen molar-refractivity contribution in [3.05, 3.63) is 176 Å². The van der Waals surface area contributed by atoms with Crippen molar-refractivity contribution in [3.63, 3.8) is 0 Å². The summed E-state index contributed by atoms with van der Waals surface area (Å²) in [7, 11) is 0. The predicted molar refractivity (Wildman–Crippen MR) is 165 cm³/mol. The van der Waals surface area contributed by atoms with Crippen LogP contribution in [0.2, 0.25) is 5.02 Å². The van der Waals surface area contributed by atoms with Crippen molar-refractivity contribution in [1.29, 1.82) is 0 Å². The molecule has 0 heterocycles. The van der Waals surface area contributed by atoms with Crippen molar-refractivity contribution in [2.75, 3.05) is 0 Å². The molecule has 0 radical (unpaired) electrons. The molecule has 0 aliphatic carbocycles. The van der Waals surface area contributed by atoms with Gasteiger partial charge in [0.1, 0.15) is 0 Å². The van der Waals surface area contributed by atoms with Gasteiger partial charge in [0.25, 0.3) is 0 Å². The summed E-state index contributed by atoms with van der Waals surface area (Å²) in [6.45, 7) is 0. The lowest BCUT2D eigenvalue weighted by molar-refractivity contribution is 0.144. The first-order valence-electron chi connectivity index (χ1n) is 12.6. The molecule has 0 aliphatic rings. The second-order valence-corrected chi connectivity index (χ2v) is 10.5. The van der Waals surface area contributed by atoms with E-state index < -0.39 is 11.2 Å². The van der Waals surface area contributed by atoms with E-state index in [1.165, 1.54) is 0 Å². The molecule has 2 atom stereocenters. The van der Waals surface area contributed by atoms with Crippen LogP contribution in [0.15, 0.2) is 138 Å². The zero-order valence-electron chi connectivity index (χ0n) is 21.4. The Labute approximate surface area is 248 Å². The van der Waals surface area contributed by atoms with Gasteiger partial charge in [-0.05, 0) is 30.3 Å². The Balaban J connectivity index is 1.56. The second kappa shape index (κ2) is 12.0. The fourth-order valence-electron chi connectivity index (χ4n) is 4.46. The van der Waals surface area contributed by atoms with Gasteiger partial charge in [0.15, 0.2) is 11.2 Å². The predicted octanol–water partition coefficient (Wildman–Crippen LogP) is 7.68. The average molecular weight is 604 g/mol. The maximum Gasteiger partial charge on any atom is 0.178 e. The van der Waals surface area contributed by atoms with Crippen LogP contribution in [0.25, 0.3) is 0 Å². The Bertz CT molecular complexity index is 1630. The third-order valence-corrected chi connectivity index (χ3v) is 7.57. The summed E-state index contributed by atoms with van der Waals surface area (Å²) in [5.41, 5.74) is 0.622. The Kier molecular flexibility index (Phi) is 8.22. The first-order valence-corrected chi connectivity index (χ1v) is 13.8. The van der Waals surface area contributed by atoms with Crippen molar-refractivity contribution in [2.45, 2.75) is 11.2 Å². The van der Waals surface area contributed by atoms with Gasteiger partial charge in [-0.25, -0.2) is 0 Å². The number of hydrogen-bond donors (Lipinski definition) is 2. The highest BCUT2D eigenvalue weighted by Gasteiger charge is 2.32. The van der Waals surface area contributed by atoms with Crippen LogP contribution in [-0.4, -0.2) is 10.2 Å². The Morgan fingerprint density at radius 1 is 0.525 bits per heavy atom. The maximum absolute atomic E-state index is 11.9. The topological polar surface area (TPSA) is 40.5 Å². The summed E-state index contributed by atoms with van der Waals surface area (Å²) >= 11 is 10.1. The quantitative estimate of drug-likeness (QED) is 0.207. The molecule has 5 aromatic rings. The van der Waals surface area contributed by atoms with Crippen LogP contribution in [-0.2, 0) is 11.2 Å². The first-order chi connectivity index (χ1) is 19.4. The van der Waals surface area contributed by atoms with Crippen molar-refractivity contribution in [1.82, 2.24) is 0 Å². The summed E-state index contributed by atoms with van der Waals surface area (Å²) in [4.78, 5) is 0. The lowest BCUT2D eigenvalue weighted by Gasteiger charge is -2.24. The van der Waals surface area contributed by atoms with Gasteiger partial charge in [-0.15, -0.1) is 0 Å². The van der Waals surface area contributed by atoms with E-state index in [1.807, 2.05) is 121 Å². The SMILES string of the molecule is OC(C#Cc1cccc(C#CC(O)(c2ccccc2)c2ccccc2Br)c1)(c1ccccc1)c1ccccc1Cl. The van der Waals surface area contributed by atoms with Gasteiger partial charge in [-0.2, -0.15) is 0 Å². The van der Waals surface area contributed by atoms with Crippen LogP contribution in [0.4, 0.5) is 0 Å². The van der Waals surface area contributed by atoms with E-state index in [9.17, 15) is 10.2 Å². The highest BCUT2D eigenvalue weighted by atomic mass is 79.9. The monoisotopic (exact) mass is 602 g/mol. The Hall–Kier alpha value is -4.09. The van der Waals surface area contributed by atoms with Crippen LogP contribution in [0.1, 0.15) is 33.4 Å². The molecule has 0 spiro atoms. The van der Waals surface area contributed by atoms with Gasteiger partial charge in [-0.3, -0.25) is 0 Å². The van der Waals surface area contributed by atoms with Gasteiger partial charge >= 0.3 is 0 Å². The van der Waals surface area contributed by atoms with E-state index in [1.54, 1.807) is 12.1 Å². The number of aliphatic hydroxyl groups is 2. The van der Waals surface area contributed by atoms with E-state index >= 15 is 0 Å². The fraction of sp³-hybridized carbons (Fsp3) is 0.0556. The maximum atomic E-state index is 11.9. The number of rotatable bonds is 4. The minimum atomic E-state index is -1.62. The molecular formula is C36H24BrClO2. The Morgan fingerprint density at radius 2 is 0.975 bits per heavy atom. The molecule has 0 fully saturated rings. The molecular weight excluding hydrogens is 580 g/mol. The number of halogens is 2. The third-order valence-electron chi connectivity index (χ3n) is 6.55. The minimum absolute atomic E-state index is 0.426. The molecule has 0 aromatic heterocycles. The standard InChI is InChI=1S/C36H24BrClO2/c37-33-20-9-7-18-31(33)35(39,29-14-3-1-4-15-29)24-22-27-12-11-13-28(26-27)23-25-36(40,30-16-5-2-6-17-30)32-19-8-10-21-34(32)38/h1-21,26,39-40H. The van der Waals surface area contributed by atoms with Crippen LogP contribution >= 0.6 is 27.5 Å². The zero-order chi connectivity index (χ0) is 28.0. The summed E-state index contributed by atoms with van der Waals surface area (Å²) < 4.78 is 0.759. The van der Waals surface area contributed by atoms with Crippen molar-refractivity contribution in [2.24, 2.45) is 0 Å². The normalized spacial score (nSPS) is 13.5. The second-order valence-electron chi connectivity index (χ2n) is 9.19. The van der Waals surface area contributed by atoms with Gasteiger partial charge < -0.3 is 10.2 Å². The van der Waals surface area contributed by atoms with E-state index in [-0.39, 0.29) is 0 Å². The molecule has 5 aromatic carbocycles. The number of benzene rings is 5.